The number of hydrogen-bond donors (Lipinski definition) is 0. The molecule has 0 amide bonds. The Labute approximate surface area is 284 Å². The van der Waals surface area contributed by atoms with E-state index in [1.807, 2.05) is 12.1 Å². The first-order valence-corrected chi connectivity index (χ1v) is 18.6. The molecular weight excluding hydrogens is 627 g/mol. The van der Waals surface area contributed by atoms with Crippen LogP contribution in [-0.2, 0) is 18.8 Å². The number of aromatic nitrogens is 2. The van der Waals surface area contributed by atoms with Crippen LogP contribution in [0.15, 0.2) is 60.7 Å². The van der Waals surface area contributed by atoms with Crippen molar-refractivity contribution in [1.29, 1.82) is 0 Å². The Kier molecular flexibility index (Phi) is 11.6. The Balaban J connectivity index is 1.54. The molecule has 0 unspecified atom stereocenters. The van der Waals surface area contributed by atoms with E-state index in [-0.39, 0.29) is 52.5 Å². The quantitative estimate of drug-likeness (QED) is 0.0674. The molecule has 10 nitrogen and oxygen atoms in total. The first-order valence-electron chi connectivity index (χ1n) is 16.7. The van der Waals surface area contributed by atoms with Gasteiger partial charge in [-0.2, -0.15) is 4.98 Å². The average molecular weight is 676 g/mol. The number of nitro groups is 1. The maximum atomic E-state index is 13.9. The van der Waals surface area contributed by atoms with Crippen LogP contribution in [0.2, 0.25) is 5.04 Å². The zero-order valence-electron chi connectivity index (χ0n) is 29.4. The number of esters is 1. The molecule has 4 rings (SSSR count). The molecule has 1 heterocycles. The van der Waals surface area contributed by atoms with E-state index in [1.165, 1.54) is 17.3 Å². The molecule has 2 aromatic carbocycles. The minimum absolute atomic E-state index is 0.113. The van der Waals surface area contributed by atoms with Gasteiger partial charge in [-0.25, -0.2) is 4.98 Å². The largest absolute Gasteiger partial charge is 0.465 e. The first-order chi connectivity index (χ1) is 22.6. The van der Waals surface area contributed by atoms with Gasteiger partial charge in [0.2, 0.25) is 0 Å². The molecule has 48 heavy (non-hydrogen) atoms. The molecule has 0 N–H and O–H groups in total. The summed E-state index contributed by atoms with van der Waals surface area (Å²) in [4.78, 5) is 46.1. The van der Waals surface area contributed by atoms with E-state index in [9.17, 15) is 19.7 Å². The zero-order chi connectivity index (χ0) is 35.3. The second kappa shape index (κ2) is 15.1. The monoisotopic (exact) mass is 675 g/mol. The minimum atomic E-state index is -2.73. The fourth-order valence-electron chi connectivity index (χ4n) is 6.68. The van der Waals surface area contributed by atoms with Gasteiger partial charge in [-0.15, -0.1) is 0 Å². The summed E-state index contributed by atoms with van der Waals surface area (Å²) in [5.74, 6) is -1.02. The molecule has 0 aliphatic heterocycles. The van der Waals surface area contributed by atoms with Crippen LogP contribution in [0.4, 0.5) is 5.69 Å². The third kappa shape index (κ3) is 8.18. The van der Waals surface area contributed by atoms with Crippen LogP contribution in [0.25, 0.3) is 0 Å². The van der Waals surface area contributed by atoms with Crippen molar-refractivity contribution in [3.8, 4) is 5.88 Å². The second-order valence-electron chi connectivity index (χ2n) is 14.7. The van der Waals surface area contributed by atoms with E-state index in [0.29, 0.717) is 38.1 Å². The molecule has 11 heteroatoms. The lowest BCUT2D eigenvalue weighted by Crippen LogP contribution is -2.66. The van der Waals surface area contributed by atoms with Crippen LogP contribution in [0.3, 0.4) is 0 Å². The number of hydrogen-bond acceptors (Lipinski definition) is 9. The molecule has 1 fully saturated rings. The highest BCUT2D eigenvalue weighted by Gasteiger charge is 2.50. The summed E-state index contributed by atoms with van der Waals surface area (Å²) >= 11 is 0. The molecule has 3 aromatic rings. The van der Waals surface area contributed by atoms with E-state index in [2.05, 4.69) is 79.3 Å². The van der Waals surface area contributed by atoms with Gasteiger partial charge in [-0.05, 0) is 75.7 Å². The normalized spacial score (nSPS) is 18.5. The Morgan fingerprint density at radius 3 is 2.02 bits per heavy atom. The highest BCUT2D eigenvalue weighted by Crippen LogP contribution is 2.40. The van der Waals surface area contributed by atoms with Gasteiger partial charge in [-0.1, -0.05) is 81.4 Å². The molecule has 0 bridgehead atoms. The first kappa shape index (κ1) is 36.9. The fourth-order valence-corrected chi connectivity index (χ4v) is 11.3. The van der Waals surface area contributed by atoms with Gasteiger partial charge in [0.15, 0.2) is 11.9 Å². The van der Waals surface area contributed by atoms with Crippen LogP contribution in [0.1, 0.15) is 78.7 Å². The fraction of sp³-hybridized carbons (Fsp3) is 0.514. The molecule has 1 aliphatic rings. The summed E-state index contributed by atoms with van der Waals surface area (Å²) in [6.45, 7) is 15.8. The SMILES string of the molecule is Cc1nc(C)c([N+](=O)[O-])c(O[C@H]2C(=O)[C@@H](CCCO[Si](c3ccccc3)(c3ccccc3)C(C)(C)C)C[C@@H]2CCOC(=O)C(C)(C)C)n1. The summed E-state index contributed by atoms with van der Waals surface area (Å²) in [6, 6.07) is 20.8. The molecule has 1 aromatic heterocycles. The molecule has 0 saturated heterocycles. The standard InChI is InChI=1S/C37H49N3O7Si/c1-25-31(40(43)44)34(39-26(2)38-25)47-33-28(21-23-45-35(42)36(3,4)5)24-27(32(33)41)16-15-22-46-48(37(6,7)8,29-17-11-9-12-18-29)30-19-13-10-14-20-30/h9-14,17-20,27-28,33H,15-16,21-24H2,1-8H3/t27-,28-,33+/m0/s1. The molecular formula is C37H49N3O7Si. The van der Waals surface area contributed by atoms with Crippen molar-refractivity contribution in [3.05, 3.63) is 82.3 Å². The zero-order valence-corrected chi connectivity index (χ0v) is 30.4. The number of carbonyl (C=O) groups is 2. The summed E-state index contributed by atoms with van der Waals surface area (Å²) in [7, 11) is -2.73. The molecule has 1 saturated carbocycles. The number of ketones is 1. The summed E-state index contributed by atoms with van der Waals surface area (Å²) < 4.78 is 18.7. The number of nitrogens with zero attached hydrogens (tertiary/aromatic N) is 3. The van der Waals surface area contributed by atoms with Crippen LogP contribution < -0.4 is 15.1 Å². The predicted molar refractivity (Wildman–Crippen MR) is 187 cm³/mol. The van der Waals surface area contributed by atoms with Crippen LogP contribution in [0.5, 0.6) is 5.88 Å². The Morgan fingerprint density at radius 2 is 1.50 bits per heavy atom. The summed E-state index contributed by atoms with van der Waals surface area (Å²) in [5.41, 5.74) is -0.847. The van der Waals surface area contributed by atoms with Crippen LogP contribution in [0, 0.1) is 41.2 Å². The lowest BCUT2D eigenvalue weighted by molar-refractivity contribution is -0.387. The maximum absolute atomic E-state index is 13.9. The van der Waals surface area contributed by atoms with Gasteiger partial charge < -0.3 is 13.9 Å². The van der Waals surface area contributed by atoms with Crippen LogP contribution >= 0.6 is 0 Å². The average Bonchev–Trinajstić information content (AvgIpc) is 3.29. The highest BCUT2D eigenvalue weighted by atomic mass is 28.4. The van der Waals surface area contributed by atoms with E-state index < -0.39 is 24.8 Å². The summed E-state index contributed by atoms with van der Waals surface area (Å²) in [6.07, 6.45) is 1.13. The van der Waals surface area contributed by atoms with Crippen molar-refractivity contribution in [2.24, 2.45) is 17.3 Å². The van der Waals surface area contributed by atoms with Crippen molar-refractivity contribution in [3.63, 3.8) is 0 Å². The molecule has 258 valence electrons. The Morgan fingerprint density at radius 1 is 0.917 bits per heavy atom. The van der Waals surface area contributed by atoms with Crippen molar-refractivity contribution >= 4 is 36.1 Å². The van der Waals surface area contributed by atoms with E-state index in [4.69, 9.17) is 13.9 Å². The van der Waals surface area contributed by atoms with Gasteiger partial charge >= 0.3 is 11.7 Å². The number of carbonyl (C=O) groups excluding carboxylic acids is 2. The van der Waals surface area contributed by atoms with Gasteiger partial charge in [0.1, 0.15) is 11.5 Å². The number of Topliss-reactive ketones (excluding diaryl/α,β-unsaturated/α-hetero) is 1. The number of rotatable bonds is 13. The molecule has 1 aliphatic carbocycles. The van der Waals surface area contributed by atoms with Crippen molar-refractivity contribution in [2.45, 2.75) is 92.2 Å². The Hall–Kier alpha value is -3.96. The lowest BCUT2D eigenvalue weighted by Gasteiger charge is -2.43. The van der Waals surface area contributed by atoms with Crippen molar-refractivity contribution < 1.29 is 28.4 Å². The van der Waals surface area contributed by atoms with E-state index in [1.54, 1.807) is 27.7 Å². The molecule has 0 radical (unpaired) electrons. The number of aryl methyl sites for hydroxylation is 2. The minimum Gasteiger partial charge on any atom is -0.465 e. The van der Waals surface area contributed by atoms with Crippen LogP contribution in [-0.4, -0.2) is 54.3 Å². The smallest absolute Gasteiger partial charge is 0.351 e. The highest BCUT2D eigenvalue weighted by molar-refractivity contribution is 6.99. The van der Waals surface area contributed by atoms with Crippen molar-refractivity contribution in [2.75, 3.05) is 13.2 Å². The topological polar surface area (TPSA) is 131 Å². The number of ether oxygens (including phenoxy) is 2. The van der Waals surface area contributed by atoms with Gasteiger partial charge in [-0.3, -0.25) is 19.7 Å². The van der Waals surface area contributed by atoms with Gasteiger partial charge in [0.05, 0.1) is 16.9 Å². The molecule has 3 atom stereocenters. The second-order valence-corrected chi connectivity index (χ2v) is 19.0. The lowest BCUT2D eigenvalue weighted by atomic mass is 9.97. The maximum Gasteiger partial charge on any atom is 0.351 e. The predicted octanol–water partition coefficient (Wildman–Crippen LogP) is 6.29. The Bertz CT molecular complexity index is 1550. The number of benzene rings is 2. The van der Waals surface area contributed by atoms with Gasteiger partial charge in [0, 0.05) is 18.4 Å². The third-order valence-corrected chi connectivity index (χ3v) is 14.1. The van der Waals surface area contributed by atoms with Gasteiger partial charge in [0.25, 0.3) is 14.2 Å². The summed E-state index contributed by atoms with van der Waals surface area (Å²) in [5, 5.41) is 14.1. The van der Waals surface area contributed by atoms with E-state index >= 15 is 0 Å². The molecule has 0 spiro atoms. The third-order valence-electron chi connectivity index (χ3n) is 9.02. The van der Waals surface area contributed by atoms with E-state index in [0.717, 1.165) is 0 Å². The van der Waals surface area contributed by atoms with Crippen molar-refractivity contribution in [1.82, 2.24) is 9.97 Å².